The average molecular weight is 390 g/mol. The van der Waals surface area contributed by atoms with Gasteiger partial charge in [-0.2, -0.15) is 11.3 Å². The molecule has 138 valence electrons. The Morgan fingerprint density at radius 2 is 2.19 bits per heavy atom. The number of pyridine rings is 1. The Morgan fingerprint density at radius 3 is 2.81 bits per heavy atom. The summed E-state index contributed by atoms with van der Waals surface area (Å²) >= 11 is 7.61. The molecule has 2 aliphatic rings. The Kier molecular flexibility index (Phi) is 5.04. The molecular formula is C20H24ClN3OS. The molecule has 1 saturated carbocycles. The number of hydrogen-bond acceptors (Lipinski definition) is 4. The summed E-state index contributed by atoms with van der Waals surface area (Å²) in [7, 11) is 0. The van der Waals surface area contributed by atoms with Gasteiger partial charge < -0.3 is 4.90 Å². The van der Waals surface area contributed by atoms with Crippen molar-refractivity contribution in [1.29, 1.82) is 0 Å². The number of amides is 1. The van der Waals surface area contributed by atoms with Crippen LogP contribution in [0, 0.1) is 5.41 Å². The highest BCUT2D eigenvalue weighted by atomic mass is 35.5. The van der Waals surface area contributed by atoms with Gasteiger partial charge in [0.2, 0.25) is 5.91 Å². The molecule has 0 N–H and O–H groups in total. The molecule has 1 aliphatic heterocycles. The first-order valence-electron chi connectivity index (χ1n) is 9.17. The van der Waals surface area contributed by atoms with Gasteiger partial charge in [0.25, 0.3) is 0 Å². The van der Waals surface area contributed by atoms with Crippen molar-refractivity contribution in [3.63, 3.8) is 0 Å². The second-order valence-corrected chi connectivity index (χ2v) is 8.82. The Bertz CT molecular complexity index is 754. The summed E-state index contributed by atoms with van der Waals surface area (Å²) in [6.45, 7) is 5.49. The van der Waals surface area contributed by atoms with Crippen LogP contribution in [-0.2, 0) is 17.9 Å². The van der Waals surface area contributed by atoms with Crippen LogP contribution >= 0.6 is 22.9 Å². The van der Waals surface area contributed by atoms with E-state index in [4.69, 9.17) is 11.6 Å². The van der Waals surface area contributed by atoms with Crippen molar-refractivity contribution < 1.29 is 4.79 Å². The van der Waals surface area contributed by atoms with Gasteiger partial charge in [0.1, 0.15) is 0 Å². The van der Waals surface area contributed by atoms with Crippen molar-refractivity contribution in [2.24, 2.45) is 5.41 Å². The summed E-state index contributed by atoms with van der Waals surface area (Å²) in [6, 6.07) is 6.44. The minimum atomic E-state index is 0.200. The van der Waals surface area contributed by atoms with Gasteiger partial charge in [0, 0.05) is 32.3 Å². The third-order valence-electron chi connectivity index (χ3n) is 5.89. The third-order valence-corrected chi connectivity index (χ3v) is 6.84. The molecule has 3 heterocycles. The monoisotopic (exact) mass is 389 g/mol. The first kappa shape index (κ1) is 18.0. The van der Waals surface area contributed by atoms with Gasteiger partial charge in [-0.25, -0.2) is 0 Å². The molecule has 4 rings (SSSR count). The summed E-state index contributed by atoms with van der Waals surface area (Å²) < 4.78 is 0. The normalized spacial score (nSPS) is 21.7. The lowest BCUT2D eigenvalue weighted by Gasteiger charge is -2.34. The van der Waals surface area contributed by atoms with Crippen molar-refractivity contribution >= 4 is 28.8 Å². The maximum absolute atomic E-state index is 12.2. The zero-order valence-electron chi connectivity index (χ0n) is 15.0. The van der Waals surface area contributed by atoms with E-state index in [1.807, 2.05) is 12.1 Å². The second-order valence-electron chi connectivity index (χ2n) is 7.60. The van der Waals surface area contributed by atoms with E-state index >= 15 is 0 Å². The number of nitrogens with zero attached hydrogens (tertiary/aromatic N) is 3. The fraction of sp³-hybridized carbons (Fsp3) is 0.500. The largest absolute Gasteiger partial charge is 0.335 e. The first-order valence-corrected chi connectivity index (χ1v) is 10.5. The van der Waals surface area contributed by atoms with Crippen molar-refractivity contribution in [3.05, 3.63) is 51.4 Å². The number of rotatable bonds is 5. The summed E-state index contributed by atoms with van der Waals surface area (Å²) in [6.07, 6.45) is 5.20. The molecule has 2 fully saturated rings. The Hall–Kier alpha value is -1.43. The van der Waals surface area contributed by atoms with Gasteiger partial charge in [-0.3, -0.25) is 14.7 Å². The minimum Gasteiger partial charge on any atom is -0.335 e. The topological polar surface area (TPSA) is 36.4 Å². The molecule has 26 heavy (non-hydrogen) atoms. The first-order chi connectivity index (χ1) is 12.6. The van der Waals surface area contributed by atoms with Crippen LogP contribution in [0.15, 0.2) is 35.2 Å². The van der Waals surface area contributed by atoms with Gasteiger partial charge in [-0.05, 0) is 72.3 Å². The molecule has 1 atom stereocenters. The number of hydrogen-bond donors (Lipinski definition) is 0. The molecule has 6 heteroatoms. The van der Waals surface area contributed by atoms with E-state index in [-0.39, 0.29) is 5.91 Å². The van der Waals surface area contributed by atoms with Crippen LogP contribution in [0.25, 0.3) is 0 Å². The molecule has 1 amide bonds. The maximum atomic E-state index is 12.2. The van der Waals surface area contributed by atoms with Gasteiger partial charge >= 0.3 is 0 Å². The van der Waals surface area contributed by atoms with E-state index in [0.717, 1.165) is 38.3 Å². The Morgan fingerprint density at radius 1 is 1.38 bits per heavy atom. The molecule has 0 bridgehead atoms. The maximum Gasteiger partial charge on any atom is 0.220 e. The van der Waals surface area contributed by atoms with E-state index in [1.165, 1.54) is 18.4 Å². The van der Waals surface area contributed by atoms with E-state index in [1.54, 1.807) is 24.5 Å². The average Bonchev–Trinajstić information content (AvgIpc) is 3.05. The smallest absolute Gasteiger partial charge is 0.220 e. The predicted octanol–water partition coefficient (Wildman–Crippen LogP) is 4.20. The molecule has 1 spiro atoms. The quantitative estimate of drug-likeness (QED) is 0.768. The molecule has 4 nitrogen and oxygen atoms in total. The molecule has 2 aromatic rings. The van der Waals surface area contributed by atoms with Crippen molar-refractivity contribution in [2.75, 3.05) is 13.1 Å². The predicted molar refractivity (Wildman–Crippen MR) is 105 cm³/mol. The highest BCUT2D eigenvalue weighted by molar-refractivity contribution is 7.07. The SMILES string of the molecule is CC(=O)N(Cc1ccsc1)[C@H]1CC12CCN(Cc1ccc(Cl)cn1)CC2. The van der Waals surface area contributed by atoms with Gasteiger partial charge in [-0.1, -0.05) is 11.6 Å². The van der Waals surface area contributed by atoms with E-state index in [9.17, 15) is 4.79 Å². The zero-order chi connectivity index (χ0) is 18.1. The Labute approximate surface area is 163 Å². The summed E-state index contributed by atoms with van der Waals surface area (Å²) in [4.78, 5) is 21.2. The molecule has 1 saturated heterocycles. The second kappa shape index (κ2) is 7.29. The number of carbonyl (C=O) groups excluding carboxylic acids is 1. The Balaban J connectivity index is 1.34. The zero-order valence-corrected chi connectivity index (χ0v) is 16.6. The highest BCUT2D eigenvalue weighted by Crippen LogP contribution is 2.57. The van der Waals surface area contributed by atoms with E-state index in [2.05, 4.69) is 31.6 Å². The van der Waals surface area contributed by atoms with Crippen LogP contribution in [0.4, 0.5) is 0 Å². The lowest BCUT2D eigenvalue weighted by molar-refractivity contribution is -0.130. The van der Waals surface area contributed by atoms with Crippen LogP contribution in [-0.4, -0.2) is 39.8 Å². The summed E-state index contributed by atoms with van der Waals surface area (Å²) in [5.41, 5.74) is 2.66. The minimum absolute atomic E-state index is 0.200. The molecule has 2 aromatic heterocycles. The fourth-order valence-corrected chi connectivity index (χ4v) is 4.98. The molecule has 0 unspecified atom stereocenters. The lowest BCUT2D eigenvalue weighted by Crippen LogP contribution is -2.39. The van der Waals surface area contributed by atoms with Crippen molar-refractivity contribution in [1.82, 2.24) is 14.8 Å². The van der Waals surface area contributed by atoms with Crippen LogP contribution in [0.2, 0.25) is 5.02 Å². The van der Waals surface area contributed by atoms with Crippen LogP contribution in [0.5, 0.6) is 0 Å². The third kappa shape index (κ3) is 3.80. The van der Waals surface area contributed by atoms with Crippen LogP contribution in [0.3, 0.4) is 0 Å². The molecule has 0 radical (unpaired) electrons. The van der Waals surface area contributed by atoms with Gasteiger partial charge in [0.15, 0.2) is 0 Å². The number of likely N-dealkylation sites (tertiary alicyclic amines) is 1. The van der Waals surface area contributed by atoms with Gasteiger partial charge in [0.05, 0.1) is 10.7 Å². The summed E-state index contributed by atoms with van der Waals surface area (Å²) in [5, 5.41) is 4.91. The van der Waals surface area contributed by atoms with Crippen molar-refractivity contribution in [2.45, 2.75) is 45.3 Å². The number of piperidine rings is 1. The summed E-state index contributed by atoms with van der Waals surface area (Å²) in [5.74, 6) is 0.200. The highest BCUT2D eigenvalue weighted by Gasteiger charge is 2.58. The van der Waals surface area contributed by atoms with Crippen LogP contribution < -0.4 is 0 Å². The van der Waals surface area contributed by atoms with Crippen molar-refractivity contribution in [3.8, 4) is 0 Å². The van der Waals surface area contributed by atoms with E-state index in [0.29, 0.717) is 16.5 Å². The molecule has 0 aromatic carbocycles. The number of halogens is 1. The number of carbonyl (C=O) groups is 1. The van der Waals surface area contributed by atoms with E-state index < -0.39 is 0 Å². The van der Waals surface area contributed by atoms with Gasteiger partial charge in [-0.15, -0.1) is 0 Å². The number of thiophene rings is 1. The molecule has 1 aliphatic carbocycles. The number of aromatic nitrogens is 1. The fourth-order valence-electron chi connectivity index (χ4n) is 4.21. The van der Waals surface area contributed by atoms with Crippen LogP contribution in [0.1, 0.15) is 37.4 Å². The molecular weight excluding hydrogens is 366 g/mol. The standard InChI is InChI=1S/C20H24ClN3OS/c1-15(25)24(12-16-4-9-26-14-16)19-10-20(19)5-7-23(8-6-20)13-18-3-2-17(21)11-22-18/h2-4,9,11,14,19H,5-8,10,12-13H2,1H3/t19-/m0/s1. The lowest BCUT2D eigenvalue weighted by atomic mass is 9.92.